The summed E-state index contributed by atoms with van der Waals surface area (Å²) >= 11 is 0. The third-order valence-electron chi connectivity index (χ3n) is 6.39. The highest BCUT2D eigenvalue weighted by molar-refractivity contribution is 5.85. The van der Waals surface area contributed by atoms with Crippen LogP contribution in [0.1, 0.15) is 69.6 Å². The summed E-state index contributed by atoms with van der Waals surface area (Å²) in [5, 5.41) is 22.0. The van der Waals surface area contributed by atoms with E-state index in [0.29, 0.717) is 34.6 Å². The van der Waals surface area contributed by atoms with Crippen LogP contribution in [0.5, 0.6) is 5.75 Å². The summed E-state index contributed by atoms with van der Waals surface area (Å²) in [6, 6.07) is 26.3. The van der Waals surface area contributed by atoms with Crippen LogP contribution in [0, 0.1) is 11.3 Å². The molecule has 3 heteroatoms. The molecule has 0 spiro atoms. The van der Waals surface area contributed by atoms with Crippen molar-refractivity contribution >= 4 is 0 Å². The fraction of sp³-hybridized carbons (Fsp3) is 0.281. The predicted molar refractivity (Wildman–Crippen MR) is 143 cm³/mol. The maximum atomic E-state index is 11.6. The quantitative estimate of drug-likeness (QED) is 0.331. The maximum Gasteiger partial charge on any atom is 0.152 e. The summed E-state index contributed by atoms with van der Waals surface area (Å²) in [4.78, 5) is 0. The van der Waals surface area contributed by atoms with Crippen LogP contribution >= 0.6 is 0 Å². The lowest BCUT2D eigenvalue weighted by atomic mass is 9.77. The van der Waals surface area contributed by atoms with Crippen molar-refractivity contribution < 1.29 is 9.52 Å². The highest BCUT2D eigenvalue weighted by Gasteiger charge is 2.30. The van der Waals surface area contributed by atoms with Gasteiger partial charge in [0.1, 0.15) is 23.1 Å². The molecule has 0 aliphatic carbocycles. The molecule has 4 rings (SSSR count). The van der Waals surface area contributed by atoms with Crippen LogP contribution in [0.4, 0.5) is 0 Å². The molecule has 0 aliphatic heterocycles. The van der Waals surface area contributed by atoms with Gasteiger partial charge >= 0.3 is 0 Å². The second-order valence-corrected chi connectivity index (χ2v) is 11.2. The molecule has 1 aromatic heterocycles. The lowest BCUT2D eigenvalue weighted by Crippen LogP contribution is -2.17. The highest BCUT2D eigenvalue weighted by Crippen LogP contribution is 2.47. The minimum absolute atomic E-state index is 0.138. The molecule has 0 saturated carbocycles. The molecule has 0 saturated heterocycles. The number of phenols is 1. The second kappa shape index (κ2) is 9.12. The number of hydrogen-bond acceptors (Lipinski definition) is 3. The zero-order valence-electron chi connectivity index (χ0n) is 21.4. The van der Waals surface area contributed by atoms with Crippen LogP contribution in [0.3, 0.4) is 0 Å². The molecule has 3 nitrogen and oxygen atoms in total. The minimum Gasteiger partial charge on any atom is -0.507 e. The summed E-state index contributed by atoms with van der Waals surface area (Å²) in [6.07, 6.45) is 0.516. The molecule has 0 unspecified atom stereocenters. The van der Waals surface area contributed by atoms with Crippen LogP contribution < -0.4 is 0 Å². The molecule has 0 radical (unpaired) electrons. The van der Waals surface area contributed by atoms with Gasteiger partial charge in [-0.25, -0.2) is 0 Å². The van der Waals surface area contributed by atoms with E-state index in [1.54, 1.807) is 0 Å². The molecule has 0 bridgehead atoms. The van der Waals surface area contributed by atoms with Gasteiger partial charge in [0, 0.05) is 28.7 Å². The molecule has 1 heterocycles. The van der Waals surface area contributed by atoms with E-state index in [9.17, 15) is 10.4 Å². The maximum absolute atomic E-state index is 11.6. The van der Waals surface area contributed by atoms with Crippen molar-refractivity contribution in [1.29, 1.82) is 5.26 Å². The van der Waals surface area contributed by atoms with Gasteiger partial charge in [-0.15, -0.1) is 0 Å². The van der Waals surface area contributed by atoms with Crippen molar-refractivity contribution in [2.24, 2.45) is 0 Å². The first-order valence-electron chi connectivity index (χ1n) is 12.0. The fourth-order valence-electron chi connectivity index (χ4n) is 4.40. The average Bonchev–Trinajstić information content (AvgIpc) is 3.16. The van der Waals surface area contributed by atoms with Gasteiger partial charge in [-0.05, 0) is 28.0 Å². The van der Waals surface area contributed by atoms with Crippen molar-refractivity contribution in [2.75, 3.05) is 0 Å². The fourth-order valence-corrected chi connectivity index (χ4v) is 4.40. The van der Waals surface area contributed by atoms with E-state index in [-0.39, 0.29) is 16.6 Å². The Balaban J connectivity index is 2.07. The van der Waals surface area contributed by atoms with Crippen LogP contribution in [0.25, 0.3) is 22.5 Å². The number of rotatable bonds is 4. The van der Waals surface area contributed by atoms with Gasteiger partial charge in [-0.3, -0.25) is 0 Å². The monoisotopic (exact) mass is 463 g/mol. The molecule has 0 aliphatic rings. The van der Waals surface area contributed by atoms with Gasteiger partial charge < -0.3 is 9.52 Å². The van der Waals surface area contributed by atoms with Gasteiger partial charge in [0.2, 0.25) is 0 Å². The Kier molecular flexibility index (Phi) is 6.34. The van der Waals surface area contributed by atoms with Crippen molar-refractivity contribution in [3.05, 3.63) is 101 Å². The third kappa shape index (κ3) is 4.88. The van der Waals surface area contributed by atoms with Crippen LogP contribution in [-0.4, -0.2) is 5.11 Å². The summed E-state index contributed by atoms with van der Waals surface area (Å²) in [6.45, 7) is 12.8. The number of furan rings is 1. The summed E-state index contributed by atoms with van der Waals surface area (Å²) in [5.41, 5.74) is 5.23. The van der Waals surface area contributed by atoms with Crippen molar-refractivity contribution in [2.45, 2.75) is 58.8 Å². The number of aromatic hydroxyl groups is 1. The smallest absolute Gasteiger partial charge is 0.152 e. The Hall–Kier alpha value is -3.77. The minimum atomic E-state index is -0.279. The number of benzene rings is 3. The zero-order chi connectivity index (χ0) is 25.4. The van der Waals surface area contributed by atoms with Gasteiger partial charge in [-0.1, -0.05) is 108 Å². The molecule has 1 N–H and O–H groups in total. The third-order valence-corrected chi connectivity index (χ3v) is 6.39. The molecule has 35 heavy (non-hydrogen) atoms. The van der Waals surface area contributed by atoms with Crippen molar-refractivity contribution in [3.8, 4) is 34.3 Å². The molecule has 4 aromatic rings. The van der Waals surface area contributed by atoms with E-state index in [4.69, 9.17) is 4.42 Å². The number of nitrogens with zero attached hydrogens (tertiary/aromatic N) is 1. The van der Waals surface area contributed by atoms with E-state index in [1.807, 2.05) is 66.7 Å². The molecular weight excluding hydrogens is 430 g/mol. The second-order valence-electron chi connectivity index (χ2n) is 11.2. The molecular formula is C32H33NO2. The van der Waals surface area contributed by atoms with Crippen LogP contribution in [0.15, 0.2) is 77.2 Å². The van der Waals surface area contributed by atoms with E-state index >= 15 is 0 Å². The Morgan fingerprint density at radius 2 is 1.43 bits per heavy atom. The Morgan fingerprint density at radius 1 is 0.829 bits per heavy atom. The molecule has 0 atom stereocenters. The number of hydrogen-bond donors (Lipinski definition) is 1. The van der Waals surface area contributed by atoms with Gasteiger partial charge in [-0.2, -0.15) is 5.26 Å². The zero-order valence-corrected chi connectivity index (χ0v) is 21.4. The first-order valence-corrected chi connectivity index (χ1v) is 12.0. The Morgan fingerprint density at radius 3 is 1.97 bits per heavy atom. The molecule has 178 valence electrons. The Bertz CT molecular complexity index is 1380. The van der Waals surface area contributed by atoms with E-state index in [1.165, 1.54) is 0 Å². The Labute approximate surface area is 208 Å². The first kappa shape index (κ1) is 24.4. The highest BCUT2D eigenvalue weighted by atomic mass is 16.3. The van der Waals surface area contributed by atoms with E-state index < -0.39 is 0 Å². The standard InChI is InChI=1S/C32H33NO2/c1-31(2,3)23-18-24(29(34)26(19-23)32(4,5)6)28-25(20-33)30(22-15-11-8-12-16-22)35-27(28)17-21-13-9-7-10-14-21/h7-16,18-19,34H,17H2,1-6H3. The van der Waals surface area contributed by atoms with Crippen LogP contribution in [0.2, 0.25) is 0 Å². The normalized spacial score (nSPS) is 11.9. The lowest BCUT2D eigenvalue weighted by molar-refractivity contribution is 0.446. The summed E-state index contributed by atoms with van der Waals surface area (Å²) in [7, 11) is 0. The van der Waals surface area contributed by atoms with Gasteiger partial charge in [0.15, 0.2) is 5.76 Å². The molecule has 3 aromatic carbocycles. The largest absolute Gasteiger partial charge is 0.507 e. The van der Waals surface area contributed by atoms with E-state index in [2.05, 4.69) is 53.7 Å². The SMILES string of the molecule is CC(C)(C)c1cc(-c2c(Cc3ccccc3)oc(-c3ccccc3)c2C#N)c(O)c(C(C)(C)C)c1. The average molecular weight is 464 g/mol. The summed E-state index contributed by atoms with van der Waals surface area (Å²) < 4.78 is 6.45. The lowest BCUT2D eigenvalue weighted by Gasteiger charge is -2.27. The van der Waals surface area contributed by atoms with Gasteiger partial charge in [0.05, 0.1) is 0 Å². The van der Waals surface area contributed by atoms with Gasteiger partial charge in [0.25, 0.3) is 0 Å². The molecule has 0 amide bonds. The number of nitriles is 1. The van der Waals surface area contributed by atoms with E-state index in [0.717, 1.165) is 22.3 Å². The number of phenolic OH excluding ortho intramolecular Hbond substituents is 1. The summed E-state index contributed by atoms with van der Waals surface area (Å²) in [5.74, 6) is 1.41. The predicted octanol–water partition coefficient (Wildman–Crippen LogP) is 8.38. The first-order chi connectivity index (χ1) is 16.5. The topological polar surface area (TPSA) is 57.2 Å². The van der Waals surface area contributed by atoms with Crippen molar-refractivity contribution in [3.63, 3.8) is 0 Å². The molecule has 0 fully saturated rings. The van der Waals surface area contributed by atoms with Crippen molar-refractivity contribution in [1.82, 2.24) is 0 Å². The van der Waals surface area contributed by atoms with Crippen LogP contribution in [-0.2, 0) is 17.3 Å².